The Morgan fingerprint density at radius 3 is 2.80 bits per heavy atom. The molecule has 1 aliphatic rings. The Morgan fingerprint density at radius 2 is 2.13 bits per heavy atom. The van der Waals surface area contributed by atoms with E-state index in [0.717, 1.165) is 18.4 Å². The summed E-state index contributed by atoms with van der Waals surface area (Å²) >= 11 is 6.02. The fourth-order valence-electron chi connectivity index (χ4n) is 1.92. The van der Waals surface area contributed by atoms with Crippen LogP contribution in [0.15, 0.2) is 10.9 Å². The molecule has 1 aromatic rings. The van der Waals surface area contributed by atoms with E-state index in [4.69, 9.17) is 11.6 Å². The number of carbonyl (C=O) groups excluding carboxylic acids is 1. The van der Waals surface area contributed by atoms with Gasteiger partial charge in [0, 0.05) is 19.0 Å². The first-order valence-corrected chi connectivity index (χ1v) is 5.32. The molecular weight excluding hydrogens is 214 g/mol. The average Bonchev–Trinajstić information content (AvgIpc) is 2.20. The summed E-state index contributed by atoms with van der Waals surface area (Å²) in [4.78, 5) is 23.4. The van der Waals surface area contributed by atoms with E-state index < -0.39 is 0 Å². The third-order valence-corrected chi connectivity index (χ3v) is 3.43. The fourth-order valence-corrected chi connectivity index (χ4v) is 2.22. The number of nitrogens with zero attached hydrogens (tertiary/aromatic N) is 1. The number of halogens is 1. The summed E-state index contributed by atoms with van der Waals surface area (Å²) in [7, 11) is 1.58. The van der Waals surface area contributed by atoms with Crippen LogP contribution in [0.4, 0.5) is 0 Å². The maximum Gasteiger partial charge on any atom is 0.251 e. The molecule has 0 fully saturated rings. The van der Waals surface area contributed by atoms with E-state index in [2.05, 4.69) is 0 Å². The van der Waals surface area contributed by atoms with E-state index >= 15 is 0 Å². The zero-order valence-electron chi connectivity index (χ0n) is 8.71. The molecular formula is C11H12ClNO2. The molecule has 1 unspecified atom stereocenters. The summed E-state index contributed by atoms with van der Waals surface area (Å²) in [6, 6.07) is 1.52. The lowest BCUT2D eigenvalue weighted by Crippen LogP contribution is -2.27. The standard InChI is InChI=1S/C11H12ClNO2/c1-6-3-4-7-5-8(14)13(2)11(12)9(7)10(6)15/h5-6H,3-4H2,1-2H3. The van der Waals surface area contributed by atoms with Crippen LogP contribution < -0.4 is 5.56 Å². The Balaban J connectivity index is 2.73. The first-order valence-electron chi connectivity index (χ1n) is 4.95. The van der Waals surface area contributed by atoms with E-state index in [1.165, 1.54) is 10.6 Å². The fraction of sp³-hybridized carbons (Fsp3) is 0.455. The number of pyridine rings is 1. The quantitative estimate of drug-likeness (QED) is 0.632. The molecule has 0 saturated heterocycles. The van der Waals surface area contributed by atoms with Gasteiger partial charge < -0.3 is 4.57 Å². The SMILES string of the molecule is CC1CCc2cc(=O)n(C)c(Cl)c2C1=O. The maximum atomic E-state index is 11.9. The van der Waals surface area contributed by atoms with E-state index in [9.17, 15) is 9.59 Å². The molecule has 0 bridgehead atoms. The Hall–Kier alpha value is -1.09. The van der Waals surface area contributed by atoms with Crippen LogP contribution in [0.5, 0.6) is 0 Å². The van der Waals surface area contributed by atoms with Gasteiger partial charge in [-0.2, -0.15) is 0 Å². The van der Waals surface area contributed by atoms with Gasteiger partial charge in [0.2, 0.25) is 0 Å². The second-order valence-corrected chi connectivity index (χ2v) is 4.39. The molecule has 0 N–H and O–H groups in total. The molecule has 15 heavy (non-hydrogen) atoms. The van der Waals surface area contributed by atoms with E-state index in [1.54, 1.807) is 7.05 Å². The van der Waals surface area contributed by atoms with Gasteiger partial charge in [-0.1, -0.05) is 18.5 Å². The summed E-state index contributed by atoms with van der Waals surface area (Å²) in [6.07, 6.45) is 1.56. The molecule has 0 aliphatic heterocycles. The molecule has 0 amide bonds. The third-order valence-electron chi connectivity index (χ3n) is 2.99. The summed E-state index contributed by atoms with van der Waals surface area (Å²) < 4.78 is 1.32. The van der Waals surface area contributed by atoms with Crippen LogP contribution in [0.25, 0.3) is 0 Å². The highest BCUT2D eigenvalue weighted by molar-refractivity contribution is 6.33. The minimum atomic E-state index is -0.152. The molecule has 80 valence electrons. The third kappa shape index (κ3) is 1.51. The van der Waals surface area contributed by atoms with Gasteiger partial charge in [-0.15, -0.1) is 0 Å². The lowest BCUT2D eigenvalue weighted by molar-refractivity contribution is 0.0913. The Kier molecular flexibility index (Phi) is 2.43. The van der Waals surface area contributed by atoms with Crippen LogP contribution in [0.2, 0.25) is 5.15 Å². The number of ketones is 1. The highest BCUT2D eigenvalue weighted by Crippen LogP contribution is 2.28. The largest absolute Gasteiger partial charge is 0.302 e. The lowest BCUT2D eigenvalue weighted by Gasteiger charge is -2.21. The molecule has 4 heteroatoms. The Labute approximate surface area is 92.7 Å². The van der Waals surface area contributed by atoms with Crippen molar-refractivity contribution in [2.75, 3.05) is 0 Å². The molecule has 1 aliphatic carbocycles. The Bertz CT molecular complexity index is 490. The number of rotatable bonds is 0. The number of hydrogen-bond acceptors (Lipinski definition) is 2. The topological polar surface area (TPSA) is 39.1 Å². The molecule has 1 aromatic heterocycles. The zero-order chi connectivity index (χ0) is 11.2. The van der Waals surface area contributed by atoms with Crippen molar-refractivity contribution in [2.45, 2.75) is 19.8 Å². The minimum absolute atomic E-state index is 0.00695. The molecule has 0 aromatic carbocycles. The van der Waals surface area contributed by atoms with Crippen molar-refractivity contribution in [1.29, 1.82) is 0 Å². The first kappa shape index (κ1) is 10.4. The predicted molar refractivity (Wildman–Crippen MR) is 58.5 cm³/mol. The van der Waals surface area contributed by atoms with Gasteiger partial charge in [-0.25, -0.2) is 0 Å². The van der Waals surface area contributed by atoms with Crippen LogP contribution in [-0.2, 0) is 13.5 Å². The summed E-state index contributed by atoms with van der Waals surface area (Å²) in [6.45, 7) is 1.90. The van der Waals surface area contributed by atoms with Crippen LogP contribution in [-0.4, -0.2) is 10.4 Å². The van der Waals surface area contributed by atoms with Gasteiger partial charge in [0.05, 0.1) is 5.56 Å². The molecule has 2 rings (SSSR count). The predicted octanol–water partition coefficient (Wildman–Crippen LogP) is 1.80. The van der Waals surface area contributed by atoms with Crippen molar-refractivity contribution < 1.29 is 4.79 Å². The number of hydrogen-bond donors (Lipinski definition) is 0. The van der Waals surface area contributed by atoms with Gasteiger partial charge in [0.15, 0.2) is 5.78 Å². The first-order chi connectivity index (χ1) is 7.02. The maximum absolute atomic E-state index is 11.9. The molecule has 1 atom stereocenters. The van der Waals surface area contributed by atoms with Crippen LogP contribution in [0, 0.1) is 5.92 Å². The molecule has 0 saturated carbocycles. The zero-order valence-corrected chi connectivity index (χ0v) is 9.47. The van der Waals surface area contributed by atoms with Crippen LogP contribution in [0.3, 0.4) is 0 Å². The number of carbonyl (C=O) groups is 1. The number of aromatic nitrogens is 1. The number of fused-ring (bicyclic) bond motifs is 1. The molecule has 3 nitrogen and oxygen atoms in total. The molecule has 0 radical (unpaired) electrons. The number of Topliss-reactive ketones (excluding diaryl/α,β-unsaturated/α-hetero) is 1. The van der Waals surface area contributed by atoms with Crippen LogP contribution in [0.1, 0.15) is 29.3 Å². The second-order valence-electron chi connectivity index (χ2n) is 4.04. The Morgan fingerprint density at radius 1 is 1.47 bits per heavy atom. The number of aryl methyl sites for hydroxylation is 1. The average molecular weight is 226 g/mol. The lowest BCUT2D eigenvalue weighted by atomic mass is 9.85. The molecule has 1 heterocycles. The minimum Gasteiger partial charge on any atom is -0.302 e. The highest BCUT2D eigenvalue weighted by atomic mass is 35.5. The van der Waals surface area contributed by atoms with Crippen molar-refractivity contribution in [3.63, 3.8) is 0 Å². The van der Waals surface area contributed by atoms with Crippen molar-refractivity contribution in [1.82, 2.24) is 4.57 Å². The van der Waals surface area contributed by atoms with Gasteiger partial charge in [0.1, 0.15) is 5.15 Å². The second kappa shape index (κ2) is 3.49. The van der Waals surface area contributed by atoms with Gasteiger partial charge in [-0.05, 0) is 18.4 Å². The molecule has 0 spiro atoms. The summed E-state index contributed by atoms with van der Waals surface area (Å²) in [5.41, 5.74) is 1.19. The highest BCUT2D eigenvalue weighted by Gasteiger charge is 2.27. The van der Waals surface area contributed by atoms with Crippen molar-refractivity contribution in [2.24, 2.45) is 13.0 Å². The van der Waals surface area contributed by atoms with E-state index in [1.807, 2.05) is 6.92 Å². The van der Waals surface area contributed by atoms with Gasteiger partial charge in [0.25, 0.3) is 5.56 Å². The van der Waals surface area contributed by atoms with E-state index in [0.29, 0.717) is 5.56 Å². The summed E-state index contributed by atoms with van der Waals surface area (Å²) in [5, 5.41) is 0.272. The van der Waals surface area contributed by atoms with Crippen molar-refractivity contribution in [3.8, 4) is 0 Å². The monoisotopic (exact) mass is 225 g/mol. The van der Waals surface area contributed by atoms with Gasteiger partial charge >= 0.3 is 0 Å². The van der Waals surface area contributed by atoms with Crippen LogP contribution >= 0.6 is 11.6 Å². The normalized spacial score (nSPS) is 20.2. The van der Waals surface area contributed by atoms with Gasteiger partial charge in [-0.3, -0.25) is 9.59 Å². The van der Waals surface area contributed by atoms with Crippen molar-refractivity contribution in [3.05, 3.63) is 32.7 Å². The summed E-state index contributed by atoms with van der Waals surface area (Å²) in [5.74, 6) is 0.0596. The smallest absolute Gasteiger partial charge is 0.251 e. The van der Waals surface area contributed by atoms with E-state index in [-0.39, 0.29) is 22.4 Å². The van der Waals surface area contributed by atoms with Crippen molar-refractivity contribution >= 4 is 17.4 Å².